The number of carbonyl (C=O) groups excluding carboxylic acids is 1. The third kappa shape index (κ3) is 2.79. The maximum atomic E-state index is 11.3. The SMILES string of the molecule is CN1CC(NCc2ncc(Cl)n2C)CCC1=O. The number of nitrogens with one attached hydrogen (secondary N) is 1. The van der Waals surface area contributed by atoms with Gasteiger partial charge in [-0.2, -0.15) is 0 Å². The summed E-state index contributed by atoms with van der Waals surface area (Å²) in [5.41, 5.74) is 0. The summed E-state index contributed by atoms with van der Waals surface area (Å²) < 4.78 is 1.85. The molecule has 0 radical (unpaired) electrons. The number of rotatable bonds is 3. The molecule has 6 heteroatoms. The van der Waals surface area contributed by atoms with Crippen LogP contribution in [-0.2, 0) is 18.4 Å². The smallest absolute Gasteiger partial charge is 0.222 e. The van der Waals surface area contributed by atoms with E-state index in [4.69, 9.17) is 11.6 Å². The number of imidazole rings is 1. The first-order valence-corrected chi connectivity index (χ1v) is 6.09. The number of amides is 1. The van der Waals surface area contributed by atoms with Gasteiger partial charge < -0.3 is 14.8 Å². The minimum Gasteiger partial charge on any atom is -0.344 e. The lowest BCUT2D eigenvalue weighted by Crippen LogP contribution is -2.46. The van der Waals surface area contributed by atoms with E-state index >= 15 is 0 Å². The van der Waals surface area contributed by atoms with E-state index < -0.39 is 0 Å². The third-order valence-corrected chi connectivity index (χ3v) is 3.55. The van der Waals surface area contributed by atoms with Gasteiger partial charge in [0.25, 0.3) is 0 Å². The molecule has 2 heterocycles. The molecule has 1 unspecified atom stereocenters. The maximum Gasteiger partial charge on any atom is 0.222 e. The predicted octanol–water partition coefficient (Wildman–Crippen LogP) is 0.784. The van der Waals surface area contributed by atoms with Crippen molar-refractivity contribution in [1.82, 2.24) is 19.8 Å². The first-order chi connectivity index (χ1) is 8.08. The molecule has 1 aromatic heterocycles. The van der Waals surface area contributed by atoms with Crippen LogP contribution in [0.2, 0.25) is 5.15 Å². The van der Waals surface area contributed by atoms with E-state index in [0.717, 1.165) is 18.8 Å². The average molecular weight is 257 g/mol. The average Bonchev–Trinajstić information content (AvgIpc) is 2.62. The van der Waals surface area contributed by atoms with E-state index in [-0.39, 0.29) is 5.91 Å². The molecule has 94 valence electrons. The Morgan fingerprint density at radius 1 is 1.59 bits per heavy atom. The van der Waals surface area contributed by atoms with E-state index in [2.05, 4.69) is 10.3 Å². The van der Waals surface area contributed by atoms with Crippen molar-refractivity contribution >= 4 is 17.5 Å². The number of halogens is 1. The van der Waals surface area contributed by atoms with Crippen LogP contribution >= 0.6 is 11.6 Å². The number of hydrogen-bond acceptors (Lipinski definition) is 3. The predicted molar refractivity (Wildman–Crippen MR) is 65.7 cm³/mol. The second-order valence-corrected chi connectivity index (χ2v) is 4.83. The lowest BCUT2D eigenvalue weighted by molar-refractivity contribution is -0.132. The lowest BCUT2D eigenvalue weighted by atomic mass is 10.1. The van der Waals surface area contributed by atoms with Crippen LogP contribution in [0.15, 0.2) is 6.20 Å². The lowest BCUT2D eigenvalue weighted by Gasteiger charge is -2.30. The Labute approximate surface area is 106 Å². The van der Waals surface area contributed by atoms with Gasteiger partial charge in [0.2, 0.25) is 5.91 Å². The van der Waals surface area contributed by atoms with Crippen molar-refractivity contribution in [2.24, 2.45) is 7.05 Å². The Balaban J connectivity index is 1.87. The number of aromatic nitrogens is 2. The molecule has 0 saturated carbocycles. The molecular weight excluding hydrogens is 240 g/mol. The molecule has 2 rings (SSSR count). The first kappa shape index (κ1) is 12.4. The van der Waals surface area contributed by atoms with Gasteiger partial charge in [0, 0.05) is 33.1 Å². The van der Waals surface area contributed by atoms with Crippen LogP contribution < -0.4 is 5.32 Å². The number of likely N-dealkylation sites (N-methyl/N-ethyl adjacent to an activating group) is 1. The zero-order valence-electron chi connectivity index (χ0n) is 10.1. The van der Waals surface area contributed by atoms with E-state index in [1.165, 1.54) is 0 Å². The Bertz CT molecular complexity index is 418. The van der Waals surface area contributed by atoms with Gasteiger partial charge in [-0.15, -0.1) is 0 Å². The molecule has 0 spiro atoms. The Morgan fingerprint density at radius 3 is 2.94 bits per heavy atom. The van der Waals surface area contributed by atoms with Crippen molar-refractivity contribution in [2.45, 2.75) is 25.4 Å². The zero-order chi connectivity index (χ0) is 12.4. The summed E-state index contributed by atoms with van der Waals surface area (Å²) in [6.45, 7) is 1.44. The highest BCUT2D eigenvalue weighted by Crippen LogP contribution is 2.12. The van der Waals surface area contributed by atoms with Crippen LogP contribution in [0.1, 0.15) is 18.7 Å². The van der Waals surface area contributed by atoms with Gasteiger partial charge in [0.05, 0.1) is 12.7 Å². The molecule has 5 nitrogen and oxygen atoms in total. The fraction of sp³-hybridized carbons (Fsp3) is 0.636. The molecule has 1 fully saturated rings. The monoisotopic (exact) mass is 256 g/mol. The van der Waals surface area contributed by atoms with Gasteiger partial charge in [-0.3, -0.25) is 4.79 Å². The van der Waals surface area contributed by atoms with Gasteiger partial charge in [0.15, 0.2) is 0 Å². The number of nitrogens with zero attached hydrogens (tertiary/aromatic N) is 3. The summed E-state index contributed by atoms with van der Waals surface area (Å²) in [7, 11) is 3.73. The molecule has 1 aliphatic heterocycles. The molecule has 1 amide bonds. The molecule has 1 atom stereocenters. The third-order valence-electron chi connectivity index (χ3n) is 3.20. The number of likely N-dealkylation sites (tertiary alicyclic amines) is 1. The van der Waals surface area contributed by atoms with Crippen molar-refractivity contribution in [1.29, 1.82) is 0 Å². The quantitative estimate of drug-likeness (QED) is 0.870. The minimum atomic E-state index is 0.225. The van der Waals surface area contributed by atoms with Crippen LogP contribution in [0.4, 0.5) is 0 Å². The first-order valence-electron chi connectivity index (χ1n) is 5.71. The normalized spacial score (nSPS) is 21.0. The van der Waals surface area contributed by atoms with Crippen LogP contribution in [0.3, 0.4) is 0 Å². The highest BCUT2D eigenvalue weighted by molar-refractivity contribution is 6.29. The van der Waals surface area contributed by atoms with Crippen molar-refractivity contribution in [3.63, 3.8) is 0 Å². The van der Waals surface area contributed by atoms with E-state index in [1.54, 1.807) is 11.1 Å². The fourth-order valence-electron chi connectivity index (χ4n) is 2.00. The summed E-state index contributed by atoms with van der Waals surface area (Å²) in [6.07, 6.45) is 3.16. The second-order valence-electron chi connectivity index (χ2n) is 4.45. The van der Waals surface area contributed by atoms with Crippen LogP contribution in [0.5, 0.6) is 0 Å². The largest absolute Gasteiger partial charge is 0.344 e. The molecule has 1 aliphatic rings. The van der Waals surface area contributed by atoms with E-state index in [9.17, 15) is 4.79 Å². The van der Waals surface area contributed by atoms with Gasteiger partial charge in [-0.1, -0.05) is 11.6 Å². The molecule has 0 aliphatic carbocycles. The topological polar surface area (TPSA) is 50.2 Å². The van der Waals surface area contributed by atoms with E-state index in [1.807, 2.05) is 18.7 Å². The number of hydrogen-bond donors (Lipinski definition) is 1. The fourth-order valence-corrected chi connectivity index (χ4v) is 2.15. The summed E-state index contributed by atoms with van der Waals surface area (Å²) >= 11 is 5.91. The zero-order valence-corrected chi connectivity index (χ0v) is 10.9. The summed E-state index contributed by atoms with van der Waals surface area (Å²) in [4.78, 5) is 17.3. The molecule has 0 aromatic carbocycles. The Morgan fingerprint density at radius 2 is 2.35 bits per heavy atom. The molecular formula is C11H17ClN4O. The van der Waals surface area contributed by atoms with Gasteiger partial charge in [-0.05, 0) is 6.42 Å². The molecule has 1 N–H and O–H groups in total. The summed E-state index contributed by atoms with van der Waals surface area (Å²) in [6, 6.07) is 0.341. The van der Waals surface area contributed by atoms with Crippen molar-refractivity contribution in [3.8, 4) is 0 Å². The second kappa shape index (κ2) is 5.06. The molecule has 1 saturated heterocycles. The van der Waals surface area contributed by atoms with Gasteiger partial charge in [0.1, 0.15) is 11.0 Å². The van der Waals surface area contributed by atoms with Gasteiger partial charge in [-0.25, -0.2) is 4.98 Å². The summed E-state index contributed by atoms with van der Waals surface area (Å²) in [5.74, 6) is 1.14. The van der Waals surface area contributed by atoms with E-state index in [0.29, 0.717) is 24.2 Å². The molecule has 0 bridgehead atoms. The van der Waals surface area contributed by atoms with Crippen molar-refractivity contribution < 1.29 is 4.79 Å². The number of carbonyl (C=O) groups is 1. The highest BCUT2D eigenvalue weighted by Gasteiger charge is 2.22. The Kier molecular flexibility index (Phi) is 3.69. The standard InChI is InChI=1S/C11H17ClN4O/c1-15-7-8(3-4-11(15)17)13-6-10-14-5-9(12)16(10)2/h5,8,13H,3-4,6-7H2,1-2H3. The minimum absolute atomic E-state index is 0.225. The molecule has 1 aromatic rings. The Hall–Kier alpha value is -1.07. The summed E-state index contributed by atoms with van der Waals surface area (Å²) in [5, 5.41) is 4.04. The van der Waals surface area contributed by atoms with Crippen LogP contribution in [-0.4, -0.2) is 40.0 Å². The van der Waals surface area contributed by atoms with Crippen LogP contribution in [0.25, 0.3) is 0 Å². The van der Waals surface area contributed by atoms with Crippen molar-refractivity contribution in [3.05, 3.63) is 17.2 Å². The molecule has 17 heavy (non-hydrogen) atoms. The van der Waals surface area contributed by atoms with Crippen molar-refractivity contribution in [2.75, 3.05) is 13.6 Å². The van der Waals surface area contributed by atoms with Crippen LogP contribution in [0, 0.1) is 0 Å². The van der Waals surface area contributed by atoms with Gasteiger partial charge >= 0.3 is 0 Å². The number of piperidine rings is 1. The maximum absolute atomic E-state index is 11.3. The highest BCUT2D eigenvalue weighted by atomic mass is 35.5.